The lowest BCUT2D eigenvalue weighted by Gasteiger charge is -2.21. The minimum Gasteiger partial charge on any atom is -0.460 e. The van der Waals surface area contributed by atoms with Gasteiger partial charge in [0, 0.05) is 16.7 Å². The number of fused-ring (bicyclic) bond motifs is 4. The number of carbonyl (C=O) groups is 2. The third-order valence-corrected chi connectivity index (χ3v) is 8.25. The molecule has 6 aromatic carbocycles. The second-order valence-electron chi connectivity index (χ2n) is 11.8. The van der Waals surface area contributed by atoms with Crippen LogP contribution in [-0.4, -0.2) is 11.9 Å². The first-order valence-electron chi connectivity index (χ1n) is 15.0. The Labute approximate surface area is 258 Å². The largest absolute Gasteiger partial charge is 0.460 e. The number of benzene rings is 6. The van der Waals surface area contributed by atoms with Crippen LogP contribution in [0.15, 0.2) is 121 Å². The van der Waals surface area contributed by atoms with Gasteiger partial charge in [-0.15, -0.1) is 0 Å². The van der Waals surface area contributed by atoms with Crippen molar-refractivity contribution in [1.82, 2.24) is 0 Å². The van der Waals surface area contributed by atoms with E-state index in [1.165, 1.54) is 10.8 Å². The highest BCUT2D eigenvalue weighted by Gasteiger charge is 2.27. The summed E-state index contributed by atoms with van der Waals surface area (Å²) in [6.07, 6.45) is 0.766. The summed E-state index contributed by atoms with van der Waals surface area (Å²) in [4.78, 5) is 24.0. The second kappa shape index (κ2) is 13.1. The van der Waals surface area contributed by atoms with Crippen LogP contribution in [0.5, 0.6) is 0 Å². The second-order valence-corrected chi connectivity index (χ2v) is 11.8. The Bertz CT molecular complexity index is 1890. The quantitative estimate of drug-likeness (QED) is 0.107. The Balaban J connectivity index is 0.000000175. The molecule has 0 atom stereocenters. The molecule has 0 saturated carbocycles. The van der Waals surface area contributed by atoms with E-state index in [9.17, 15) is 9.59 Å². The molecular formula is C40H38O4. The lowest BCUT2D eigenvalue weighted by atomic mass is 9.90. The average molecular weight is 583 g/mol. The third kappa shape index (κ3) is 6.50. The first-order chi connectivity index (χ1) is 21.2. The highest BCUT2D eigenvalue weighted by molar-refractivity contribution is 6.03. The number of esters is 2. The van der Waals surface area contributed by atoms with Crippen LogP contribution >= 0.6 is 0 Å². The van der Waals surface area contributed by atoms with Crippen LogP contribution in [-0.2, 0) is 32.3 Å². The fourth-order valence-electron chi connectivity index (χ4n) is 5.27. The Hall–Kier alpha value is -4.96. The Morgan fingerprint density at radius 2 is 0.955 bits per heavy atom. The van der Waals surface area contributed by atoms with Gasteiger partial charge in [0.05, 0.1) is 5.41 Å². The molecule has 0 saturated heterocycles. The van der Waals surface area contributed by atoms with E-state index >= 15 is 0 Å². The first-order valence-corrected chi connectivity index (χ1v) is 15.0. The molecular weight excluding hydrogens is 544 g/mol. The topological polar surface area (TPSA) is 52.6 Å². The summed E-state index contributed by atoms with van der Waals surface area (Å²) in [5.41, 5.74) is 2.09. The molecule has 222 valence electrons. The first kappa shape index (κ1) is 30.5. The molecule has 0 unspecified atom stereocenters. The number of hydrogen-bond donors (Lipinski definition) is 0. The Morgan fingerprint density at radius 1 is 0.614 bits per heavy atom. The minimum atomic E-state index is -0.444. The van der Waals surface area contributed by atoms with Gasteiger partial charge in [0.1, 0.15) is 13.2 Å². The van der Waals surface area contributed by atoms with Gasteiger partial charge in [-0.25, -0.2) is 4.79 Å². The van der Waals surface area contributed by atoms with Crippen molar-refractivity contribution in [2.24, 2.45) is 5.41 Å². The highest BCUT2D eigenvalue weighted by Crippen LogP contribution is 2.31. The molecule has 0 aromatic heterocycles. The van der Waals surface area contributed by atoms with E-state index in [0.29, 0.717) is 12.2 Å². The molecule has 6 rings (SSSR count). The molecule has 0 fully saturated rings. The maximum atomic E-state index is 12.3. The number of carbonyl (C=O) groups excluding carboxylic acids is 2. The van der Waals surface area contributed by atoms with E-state index in [4.69, 9.17) is 9.47 Å². The molecule has 0 bridgehead atoms. The van der Waals surface area contributed by atoms with Gasteiger partial charge in [-0.1, -0.05) is 111 Å². The van der Waals surface area contributed by atoms with Crippen LogP contribution in [0.4, 0.5) is 0 Å². The smallest absolute Gasteiger partial charge is 0.333 e. The molecule has 4 heteroatoms. The van der Waals surface area contributed by atoms with Crippen LogP contribution in [0, 0.1) is 5.41 Å². The van der Waals surface area contributed by atoms with Crippen molar-refractivity contribution in [3.05, 3.63) is 132 Å². The molecule has 0 heterocycles. The van der Waals surface area contributed by atoms with Crippen LogP contribution in [0.3, 0.4) is 0 Å². The molecule has 0 aliphatic carbocycles. The molecule has 4 nitrogen and oxygen atoms in total. The summed E-state index contributed by atoms with van der Waals surface area (Å²) in [5, 5.41) is 9.17. The molecule has 0 spiro atoms. The molecule has 0 N–H and O–H groups in total. The molecule has 44 heavy (non-hydrogen) atoms. The van der Waals surface area contributed by atoms with Gasteiger partial charge in [0.15, 0.2) is 0 Å². The maximum Gasteiger partial charge on any atom is 0.333 e. The average Bonchev–Trinajstić information content (AvgIpc) is 3.04. The van der Waals surface area contributed by atoms with E-state index < -0.39 is 5.41 Å². The molecule has 6 aromatic rings. The van der Waals surface area contributed by atoms with Crippen LogP contribution in [0.2, 0.25) is 0 Å². The summed E-state index contributed by atoms with van der Waals surface area (Å²) < 4.78 is 11.0. The molecule has 0 aliphatic rings. The molecule has 0 amide bonds. The predicted octanol–water partition coefficient (Wildman–Crippen LogP) is 10.1. The number of rotatable bonds is 7. The van der Waals surface area contributed by atoms with E-state index in [1.807, 2.05) is 69.3 Å². The van der Waals surface area contributed by atoms with Crippen molar-refractivity contribution >= 4 is 55.0 Å². The van der Waals surface area contributed by atoms with Gasteiger partial charge < -0.3 is 9.47 Å². The number of hydrogen-bond acceptors (Lipinski definition) is 4. The zero-order valence-corrected chi connectivity index (χ0v) is 25.9. The van der Waals surface area contributed by atoms with Gasteiger partial charge in [0.25, 0.3) is 0 Å². The van der Waals surface area contributed by atoms with E-state index in [-0.39, 0.29) is 18.5 Å². The van der Waals surface area contributed by atoms with Gasteiger partial charge in [-0.3, -0.25) is 4.79 Å². The zero-order chi connectivity index (χ0) is 31.3. The normalized spacial score (nSPS) is 11.3. The third-order valence-electron chi connectivity index (χ3n) is 8.25. The van der Waals surface area contributed by atoms with Crippen LogP contribution in [0.25, 0.3) is 43.1 Å². The monoisotopic (exact) mass is 582 g/mol. The highest BCUT2D eigenvalue weighted by atomic mass is 16.5. The fraction of sp³-hybridized carbons (Fsp3) is 0.200. The van der Waals surface area contributed by atoms with Crippen molar-refractivity contribution in [2.75, 3.05) is 0 Å². The lowest BCUT2D eigenvalue weighted by molar-refractivity contribution is -0.155. The van der Waals surface area contributed by atoms with Gasteiger partial charge in [0.2, 0.25) is 0 Å². The summed E-state index contributed by atoms with van der Waals surface area (Å²) in [5.74, 6) is -0.496. The van der Waals surface area contributed by atoms with Crippen LogP contribution < -0.4 is 0 Å². The van der Waals surface area contributed by atoms with Crippen molar-refractivity contribution in [1.29, 1.82) is 0 Å². The number of ether oxygens (including phenoxy) is 2. The van der Waals surface area contributed by atoms with E-state index in [1.54, 1.807) is 6.92 Å². The van der Waals surface area contributed by atoms with Gasteiger partial charge in [-0.05, 0) is 82.4 Å². The van der Waals surface area contributed by atoms with Gasteiger partial charge in [-0.2, -0.15) is 0 Å². The zero-order valence-electron chi connectivity index (χ0n) is 25.9. The fourth-order valence-corrected chi connectivity index (χ4v) is 5.27. The minimum absolute atomic E-state index is 0.142. The van der Waals surface area contributed by atoms with Crippen molar-refractivity contribution in [2.45, 2.75) is 47.3 Å². The summed E-state index contributed by atoms with van der Waals surface area (Å²) in [7, 11) is 0. The summed E-state index contributed by atoms with van der Waals surface area (Å²) in [6, 6.07) is 37.2. The molecule has 0 aliphatic heterocycles. The summed E-state index contributed by atoms with van der Waals surface area (Å²) in [6.45, 7) is 11.7. The van der Waals surface area contributed by atoms with E-state index in [0.717, 1.165) is 49.9 Å². The van der Waals surface area contributed by atoms with Crippen LogP contribution in [0.1, 0.15) is 45.2 Å². The van der Waals surface area contributed by atoms with Crippen molar-refractivity contribution in [3.8, 4) is 0 Å². The van der Waals surface area contributed by atoms with E-state index in [2.05, 4.69) is 67.2 Å². The standard InChI is InChI=1S/C21H22O2.C19H16O2/c1-4-21(2,3)20(22)23-14-19-17-11-7-5-9-15(17)13-16-10-6-8-12-18(16)19;1-13(2)19(20)21-12-18-16-9-5-3-7-14(16)11-15-8-4-6-10-17(15)18/h5-13H,4,14H2,1-3H3;3-11H,1,12H2,2H3. The SMILES string of the molecule is C=C(C)C(=O)OCc1c2ccccc2cc2ccccc12.CCC(C)(C)C(=O)OCc1c2ccccc2cc2ccccc12. The Morgan fingerprint density at radius 3 is 1.30 bits per heavy atom. The summed E-state index contributed by atoms with van der Waals surface area (Å²) >= 11 is 0. The van der Waals surface area contributed by atoms with Gasteiger partial charge >= 0.3 is 11.9 Å². The maximum absolute atomic E-state index is 12.3. The molecule has 0 radical (unpaired) electrons. The predicted molar refractivity (Wildman–Crippen MR) is 181 cm³/mol. The Kier molecular flexibility index (Phi) is 9.10. The lowest BCUT2D eigenvalue weighted by Crippen LogP contribution is -2.25. The van der Waals surface area contributed by atoms with Crippen molar-refractivity contribution < 1.29 is 19.1 Å². The van der Waals surface area contributed by atoms with Crippen molar-refractivity contribution in [3.63, 3.8) is 0 Å².